The van der Waals surface area contributed by atoms with Crippen molar-refractivity contribution in [1.82, 2.24) is 10.2 Å². The molecule has 234 valence electrons. The number of aliphatic hydroxyl groups excluding tert-OH is 1. The highest BCUT2D eigenvalue weighted by molar-refractivity contribution is 8.00. The Balaban J connectivity index is 1.55. The molecule has 8 nitrogen and oxygen atoms in total. The van der Waals surface area contributed by atoms with Crippen LogP contribution in [-0.4, -0.2) is 40.2 Å². The van der Waals surface area contributed by atoms with Crippen LogP contribution in [0.4, 0.5) is 9.52 Å². The Hall–Kier alpha value is -3.93. The van der Waals surface area contributed by atoms with Crippen LogP contribution < -0.4 is 14.4 Å². The first kappa shape index (κ1) is 32.5. The van der Waals surface area contributed by atoms with E-state index in [2.05, 4.69) is 24.0 Å². The molecule has 1 atom stereocenters. The van der Waals surface area contributed by atoms with E-state index in [-0.39, 0.29) is 22.3 Å². The van der Waals surface area contributed by atoms with E-state index < -0.39 is 17.7 Å². The van der Waals surface area contributed by atoms with Gasteiger partial charge in [-0.3, -0.25) is 14.5 Å². The molecule has 45 heavy (non-hydrogen) atoms. The maximum Gasteiger partial charge on any atom is 0.301 e. The van der Waals surface area contributed by atoms with Gasteiger partial charge in [-0.1, -0.05) is 66.7 Å². The highest BCUT2D eigenvalue weighted by Gasteiger charge is 2.48. The number of Topliss-reactive ketones (excluding diaryl/α,β-unsaturated/α-hetero) is 1. The van der Waals surface area contributed by atoms with Crippen LogP contribution in [0.15, 0.2) is 76.6 Å². The summed E-state index contributed by atoms with van der Waals surface area (Å²) in [5.74, 6) is -0.436. The zero-order chi connectivity index (χ0) is 32.1. The molecule has 5 rings (SSSR count). The van der Waals surface area contributed by atoms with E-state index >= 15 is 0 Å². The molecule has 0 saturated carbocycles. The van der Waals surface area contributed by atoms with Gasteiger partial charge in [0, 0.05) is 16.3 Å². The second-order valence-corrected chi connectivity index (χ2v) is 13.2. The van der Waals surface area contributed by atoms with E-state index in [1.165, 1.54) is 28.8 Å². The molecule has 12 heteroatoms. The number of hydrogen-bond donors (Lipinski definition) is 1. The number of thioether (sulfide) groups is 1. The van der Waals surface area contributed by atoms with Gasteiger partial charge < -0.3 is 14.6 Å². The number of halogens is 2. The second-order valence-electron chi connectivity index (χ2n) is 10.6. The van der Waals surface area contributed by atoms with Crippen molar-refractivity contribution in [3.63, 3.8) is 0 Å². The van der Waals surface area contributed by atoms with Crippen molar-refractivity contribution in [2.75, 3.05) is 18.1 Å². The van der Waals surface area contributed by atoms with Gasteiger partial charge in [-0.05, 0) is 78.9 Å². The van der Waals surface area contributed by atoms with E-state index in [0.717, 1.165) is 23.3 Å². The number of hydrogen-bond acceptors (Lipinski definition) is 9. The number of anilines is 1. The lowest BCUT2D eigenvalue weighted by atomic mass is 9.95. The standard InChI is InChI=1S/C33H31ClFN3O5S2/c1-4-42-26-17-22(9-14-25(26)43-16-15-19(2)3)28-27(29(39)21-7-10-23(34)11-8-21)30(40)31(41)38(28)32-36-37-33(45-32)44-18-20-5-12-24(35)13-6-20/h5-14,17,19,28,39H,4,15-16,18H2,1-3H3. The first-order valence-corrected chi connectivity index (χ1v) is 16.5. The maximum atomic E-state index is 13.6. The van der Waals surface area contributed by atoms with Gasteiger partial charge in [-0.15, -0.1) is 10.2 Å². The Bertz CT molecular complexity index is 1710. The van der Waals surface area contributed by atoms with Gasteiger partial charge >= 0.3 is 5.91 Å². The molecule has 1 aromatic heterocycles. The quantitative estimate of drug-likeness (QED) is 0.0532. The number of ether oxygens (including phenoxy) is 2. The smallest absolute Gasteiger partial charge is 0.301 e. The number of amides is 1. The molecule has 1 saturated heterocycles. The number of carbonyl (C=O) groups excluding carboxylic acids is 2. The lowest BCUT2D eigenvalue weighted by molar-refractivity contribution is -0.132. The molecule has 3 aromatic carbocycles. The third kappa shape index (κ3) is 7.49. The van der Waals surface area contributed by atoms with Crippen LogP contribution in [0.2, 0.25) is 5.02 Å². The van der Waals surface area contributed by atoms with Crippen LogP contribution >= 0.6 is 34.7 Å². The van der Waals surface area contributed by atoms with E-state index in [0.29, 0.717) is 56.9 Å². The molecule has 0 spiro atoms. The predicted molar refractivity (Wildman–Crippen MR) is 175 cm³/mol. The number of ketones is 1. The van der Waals surface area contributed by atoms with E-state index in [1.54, 1.807) is 54.6 Å². The minimum atomic E-state index is -1.03. The van der Waals surface area contributed by atoms with E-state index in [9.17, 15) is 19.1 Å². The molecule has 4 aromatic rings. The van der Waals surface area contributed by atoms with Gasteiger partial charge in [0.25, 0.3) is 5.78 Å². The normalized spacial score (nSPS) is 16.0. The molecule has 2 heterocycles. The van der Waals surface area contributed by atoms with Gasteiger partial charge in [0.1, 0.15) is 11.6 Å². The van der Waals surface area contributed by atoms with Crippen molar-refractivity contribution in [2.24, 2.45) is 5.92 Å². The monoisotopic (exact) mass is 667 g/mol. The van der Waals surface area contributed by atoms with E-state index in [4.69, 9.17) is 21.1 Å². The van der Waals surface area contributed by atoms with Crippen molar-refractivity contribution in [3.8, 4) is 11.5 Å². The van der Waals surface area contributed by atoms with Crippen LogP contribution in [0.3, 0.4) is 0 Å². The molecular weight excluding hydrogens is 637 g/mol. The van der Waals surface area contributed by atoms with Crippen LogP contribution in [-0.2, 0) is 15.3 Å². The Kier molecular flexibility index (Phi) is 10.4. The van der Waals surface area contributed by atoms with Crippen LogP contribution in [0.5, 0.6) is 11.5 Å². The molecular formula is C33H31ClFN3O5S2. The molecule has 0 radical (unpaired) electrons. The average molecular weight is 668 g/mol. The van der Waals surface area contributed by atoms with Crippen molar-refractivity contribution >= 4 is 57.3 Å². The van der Waals surface area contributed by atoms with Gasteiger partial charge in [0.2, 0.25) is 5.13 Å². The molecule has 0 bridgehead atoms. The fourth-order valence-corrected chi connectivity index (χ4v) is 6.63. The molecule has 0 aliphatic carbocycles. The number of aromatic nitrogens is 2. The summed E-state index contributed by atoms with van der Waals surface area (Å²) in [6.45, 7) is 6.93. The molecule has 1 unspecified atom stereocenters. The summed E-state index contributed by atoms with van der Waals surface area (Å²) in [7, 11) is 0. The maximum absolute atomic E-state index is 13.6. The fraction of sp³-hybridized carbons (Fsp3) is 0.273. The first-order valence-electron chi connectivity index (χ1n) is 14.3. The third-order valence-corrected chi connectivity index (χ3v) is 9.35. The summed E-state index contributed by atoms with van der Waals surface area (Å²) in [4.78, 5) is 28.5. The zero-order valence-corrected chi connectivity index (χ0v) is 27.2. The van der Waals surface area contributed by atoms with Gasteiger partial charge in [0.05, 0.1) is 24.8 Å². The largest absolute Gasteiger partial charge is 0.507 e. The van der Waals surface area contributed by atoms with Gasteiger partial charge in [-0.25, -0.2) is 4.39 Å². The predicted octanol–water partition coefficient (Wildman–Crippen LogP) is 8.07. The van der Waals surface area contributed by atoms with Crippen molar-refractivity contribution in [3.05, 3.63) is 99.8 Å². The molecule has 1 aliphatic heterocycles. The first-order chi connectivity index (χ1) is 21.7. The Morgan fingerprint density at radius 1 is 1.04 bits per heavy atom. The van der Waals surface area contributed by atoms with Crippen molar-refractivity contribution in [1.29, 1.82) is 0 Å². The topological polar surface area (TPSA) is 102 Å². The third-order valence-electron chi connectivity index (χ3n) is 6.98. The number of aliphatic hydroxyl groups is 1. The molecule has 1 aliphatic rings. The Morgan fingerprint density at radius 2 is 1.78 bits per heavy atom. The highest BCUT2D eigenvalue weighted by Crippen LogP contribution is 2.45. The summed E-state index contributed by atoms with van der Waals surface area (Å²) < 4.78 is 25.8. The molecule has 1 N–H and O–H groups in total. The van der Waals surface area contributed by atoms with E-state index in [1.807, 2.05) is 6.92 Å². The molecule has 1 fully saturated rings. The van der Waals surface area contributed by atoms with Gasteiger partial charge in [-0.2, -0.15) is 0 Å². The lowest BCUT2D eigenvalue weighted by Crippen LogP contribution is -2.29. The average Bonchev–Trinajstić information content (AvgIpc) is 3.59. The van der Waals surface area contributed by atoms with Crippen LogP contribution in [0.25, 0.3) is 5.76 Å². The van der Waals surface area contributed by atoms with Crippen molar-refractivity contribution < 1.29 is 28.6 Å². The van der Waals surface area contributed by atoms with Crippen molar-refractivity contribution in [2.45, 2.75) is 43.3 Å². The second kappa shape index (κ2) is 14.4. The molecule has 1 amide bonds. The fourth-order valence-electron chi connectivity index (χ4n) is 4.68. The van der Waals surface area contributed by atoms with Gasteiger partial charge in [0.15, 0.2) is 15.8 Å². The summed E-state index contributed by atoms with van der Waals surface area (Å²) in [5, 5.41) is 20.6. The number of carbonyl (C=O) groups is 2. The minimum absolute atomic E-state index is 0.103. The summed E-state index contributed by atoms with van der Waals surface area (Å²) in [6, 6.07) is 16.7. The number of benzene rings is 3. The Morgan fingerprint density at radius 3 is 2.47 bits per heavy atom. The van der Waals surface area contributed by atoms with Crippen LogP contribution in [0, 0.1) is 11.7 Å². The lowest BCUT2D eigenvalue weighted by Gasteiger charge is -2.24. The summed E-state index contributed by atoms with van der Waals surface area (Å²) in [5.41, 5.74) is 1.63. The van der Waals surface area contributed by atoms with Crippen LogP contribution in [0.1, 0.15) is 49.9 Å². The number of rotatable bonds is 12. The highest BCUT2D eigenvalue weighted by atomic mass is 35.5. The zero-order valence-electron chi connectivity index (χ0n) is 24.8. The summed E-state index contributed by atoms with van der Waals surface area (Å²) in [6.07, 6.45) is 0.854. The Labute approximate surface area is 273 Å². The SMILES string of the molecule is CCOc1cc(C2C(=C(O)c3ccc(Cl)cc3)C(=O)C(=O)N2c2nnc(SCc3ccc(F)cc3)s2)ccc1OCCC(C)C. The minimum Gasteiger partial charge on any atom is -0.507 e. The summed E-state index contributed by atoms with van der Waals surface area (Å²) >= 11 is 8.57. The number of nitrogens with zero attached hydrogens (tertiary/aromatic N) is 3.